The minimum absolute atomic E-state index is 0.179. The Morgan fingerprint density at radius 1 is 1.00 bits per heavy atom. The number of nitrogens with one attached hydrogen (secondary N) is 1. The van der Waals surface area contributed by atoms with E-state index in [0.29, 0.717) is 16.8 Å². The van der Waals surface area contributed by atoms with Gasteiger partial charge in [0.05, 0.1) is 17.9 Å². The number of rotatable bonds is 5. The molecule has 24 heavy (non-hydrogen) atoms. The van der Waals surface area contributed by atoms with Gasteiger partial charge in [0.1, 0.15) is 5.82 Å². The molecular weight excluding hydrogens is 309 g/mol. The summed E-state index contributed by atoms with van der Waals surface area (Å²) in [6.45, 7) is 3.24. The van der Waals surface area contributed by atoms with E-state index in [-0.39, 0.29) is 18.1 Å². The summed E-state index contributed by atoms with van der Waals surface area (Å²) in [4.78, 5) is 24.1. The summed E-state index contributed by atoms with van der Waals surface area (Å²) in [5.41, 5.74) is 1.62. The summed E-state index contributed by atoms with van der Waals surface area (Å²) >= 11 is 0. The van der Waals surface area contributed by atoms with E-state index in [4.69, 9.17) is 4.74 Å². The first-order valence-corrected chi connectivity index (χ1v) is 7.53. The van der Waals surface area contributed by atoms with E-state index in [9.17, 15) is 14.0 Å². The van der Waals surface area contributed by atoms with Crippen molar-refractivity contribution >= 4 is 23.1 Å². The summed E-state index contributed by atoms with van der Waals surface area (Å²) in [5, 5.41) is 2.69. The van der Waals surface area contributed by atoms with Crippen molar-refractivity contribution in [2.24, 2.45) is 0 Å². The zero-order valence-electron chi connectivity index (χ0n) is 13.5. The van der Waals surface area contributed by atoms with Gasteiger partial charge in [-0.1, -0.05) is 42.5 Å². The van der Waals surface area contributed by atoms with Gasteiger partial charge in [-0.25, -0.2) is 9.18 Å². The van der Waals surface area contributed by atoms with Gasteiger partial charge in [-0.05, 0) is 30.2 Å². The molecule has 0 saturated heterocycles. The second-order valence-electron chi connectivity index (χ2n) is 5.02. The number of amides is 1. The third-order valence-corrected chi connectivity index (χ3v) is 3.23. The van der Waals surface area contributed by atoms with Crippen LogP contribution in [0.15, 0.2) is 54.6 Å². The molecule has 0 spiro atoms. The van der Waals surface area contributed by atoms with Gasteiger partial charge >= 0.3 is 5.97 Å². The van der Waals surface area contributed by atoms with Gasteiger partial charge in [0.15, 0.2) is 0 Å². The van der Waals surface area contributed by atoms with Crippen LogP contribution in [0.1, 0.15) is 25.0 Å². The van der Waals surface area contributed by atoms with Crippen molar-refractivity contribution in [1.82, 2.24) is 5.32 Å². The highest BCUT2D eigenvalue weighted by atomic mass is 19.1. The standard InChI is InChI=1S/C19H18FNO3/c1-3-24-19(23)17(14-9-11-16(20)12-10-14)18(21-13(2)22)15-7-5-4-6-8-15/h4-12H,3H2,1-2H3,(H,21,22)/b18-17+. The summed E-state index contributed by atoms with van der Waals surface area (Å²) in [5.74, 6) is -1.32. The van der Waals surface area contributed by atoms with Crippen molar-refractivity contribution in [3.8, 4) is 0 Å². The molecular formula is C19H18FNO3. The van der Waals surface area contributed by atoms with Crippen molar-refractivity contribution in [1.29, 1.82) is 0 Å². The highest BCUT2D eigenvalue weighted by Crippen LogP contribution is 2.26. The lowest BCUT2D eigenvalue weighted by atomic mass is 9.99. The minimum Gasteiger partial charge on any atom is -0.462 e. The first-order valence-electron chi connectivity index (χ1n) is 7.53. The number of esters is 1. The van der Waals surface area contributed by atoms with Crippen LogP contribution < -0.4 is 5.32 Å². The van der Waals surface area contributed by atoms with E-state index in [1.807, 2.05) is 6.07 Å². The average Bonchev–Trinajstić information content (AvgIpc) is 2.57. The van der Waals surface area contributed by atoms with E-state index in [1.54, 1.807) is 31.2 Å². The molecule has 0 aliphatic rings. The molecule has 0 aliphatic carbocycles. The third kappa shape index (κ3) is 4.29. The normalized spacial score (nSPS) is 11.5. The van der Waals surface area contributed by atoms with Gasteiger partial charge in [-0.3, -0.25) is 4.79 Å². The third-order valence-electron chi connectivity index (χ3n) is 3.23. The number of benzene rings is 2. The lowest BCUT2D eigenvalue weighted by Gasteiger charge is -2.16. The highest BCUT2D eigenvalue weighted by molar-refractivity contribution is 6.25. The largest absolute Gasteiger partial charge is 0.462 e. The number of carbonyl (C=O) groups excluding carboxylic acids is 2. The van der Waals surface area contributed by atoms with E-state index < -0.39 is 11.8 Å². The summed E-state index contributed by atoms with van der Waals surface area (Å²) < 4.78 is 18.4. The Hall–Kier alpha value is -2.95. The number of ether oxygens (including phenoxy) is 1. The molecule has 124 valence electrons. The summed E-state index contributed by atoms with van der Waals surface area (Å²) in [6.07, 6.45) is 0. The molecule has 0 heterocycles. The predicted molar refractivity (Wildman–Crippen MR) is 90.1 cm³/mol. The molecule has 0 aliphatic heterocycles. The van der Waals surface area contributed by atoms with Crippen molar-refractivity contribution in [3.05, 3.63) is 71.5 Å². The van der Waals surface area contributed by atoms with Crippen LogP contribution in [0.4, 0.5) is 4.39 Å². The van der Waals surface area contributed by atoms with Crippen molar-refractivity contribution in [3.63, 3.8) is 0 Å². The van der Waals surface area contributed by atoms with Crippen LogP contribution in [0.5, 0.6) is 0 Å². The lowest BCUT2D eigenvalue weighted by molar-refractivity contribution is -0.136. The van der Waals surface area contributed by atoms with Crippen LogP contribution in [0.3, 0.4) is 0 Å². The maximum Gasteiger partial charge on any atom is 0.340 e. The van der Waals surface area contributed by atoms with Crippen LogP contribution in [0, 0.1) is 5.82 Å². The number of hydrogen-bond donors (Lipinski definition) is 1. The van der Waals surface area contributed by atoms with Gasteiger partial charge in [0.25, 0.3) is 0 Å². The fraction of sp³-hybridized carbons (Fsp3) is 0.158. The smallest absolute Gasteiger partial charge is 0.340 e. The molecule has 2 aromatic carbocycles. The lowest BCUT2D eigenvalue weighted by Crippen LogP contribution is -2.22. The van der Waals surface area contributed by atoms with E-state index in [1.165, 1.54) is 31.2 Å². The Labute approximate surface area is 140 Å². The predicted octanol–water partition coefficient (Wildman–Crippen LogP) is 3.39. The van der Waals surface area contributed by atoms with Crippen molar-refractivity contribution < 1.29 is 18.7 Å². The SMILES string of the molecule is CCOC(=O)/C(=C(/NC(C)=O)c1ccccc1)c1ccc(F)cc1. The molecule has 1 N–H and O–H groups in total. The molecule has 0 radical (unpaired) electrons. The summed E-state index contributed by atoms with van der Waals surface area (Å²) in [7, 11) is 0. The number of carbonyl (C=O) groups is 2. The van der Waals surface area contributed by atoms with Gasteiger partial charge in [-0.15, -0.1) is 0 Å². The van der Waals surface area contributed by atoms with E-state index in [2.05, 4.69) is 5.32 Å². The Bertz CT molecular complexity index is 752. The monoisotopic (exact) mass is 327 g/mol. The van der Waals surface area contributed by atoms with Crippen molar-refractivity contribution in [2.45, 2.75) is 13.8 Å². The first-order chi connectivity index (χ1) is 11.5. The van der Waals surface area contributed by atoms with Crippen LogP contribution in [0.2, 0.25) is 0 Å². The van der Waals surface area contributed by atoms with Crippen LogP contribution in [-0.4, -0.2) is 18.5 Å². The number of hydrogen-bond acceptors (Lipinski definition) is 3. The van der Waals surface area contributed by atoms with Gasteiger partial charge in [0.2, 0.25) is 5.91 Å². The van der Waals surface area contributed by atoms with Gasteiger partial charge < -0.3 is 10.1 Å². The second-order valence-corrected chi connectivity index (χ2v) is 5.02. The minimum atomic E-state index is -0.586. The second kappa shape index (κ2) is 8.06. The molecule has 0 saturated carbocycles. The molecule has 4 nitrogen and oxygen atoms in total. The van der Waals surface area contributed by atoms with Crippen LogP contribution in [-0.2, 0) is 14.3 Å². The Morgan fingerprint density at radius 2 is 1.62 bits per heavy atom. The number of halogens is 1. The fourth-order valence-corrected chi connectivity index (χ4v) is 2.24. The molecule has 2 rings (SSSR count). The molecule has 0 fully saturated rings. The highest BCUT2D eigenvalue weighted by Gasteiger charge is 2.21. The topological polar surface area (TPSA) is 55.4 Å². The molecule has 0 bridgehead atoms. The first kappa shape index (κ1) is 17.4. The average molecular weight is 327 g/mol. The zero-order valence-corrected chi connectivity index (χ0v) is 13.5. The van der Waals surface area contributed by atoms with E-state index in [0.717, 1.165) is 0 Å². The molecule has 0 atom stereocenters. The zero-order chi connectivity index (χ0) is 17.5. The molecule has 1 amide bonds. The maximum absolute atomic E-state index is 13.2. The summed E-state index contributed by atoms with van der Waals surface area (Å²) in [6, 6.07) is 14.4. The molecule has 2 aromatic rings. The van der Waals surface area contributed by atoms with Crippen LogP contribution in [0.25, 0.3) is 11.3 Å². The Balaban J connectivity index is 2.69. The molecule has 0 aromatic heterocycles. The Kier molecular flexibility index (Phi) is 5.84. The fourth-order valence-electron chi connectivity index (χ4n) is 2.24. The molecule has 5 heteroatoms. The molecule has 0 unspecified atom stereocenters. The van der Waals surface area contributed by atoms with Gasteiger partial charge in [0, 0.05) is 6.92 Å². The quantitative estimate of drug-likeness (QED) is 0.520. The van der Waals surface area contributed by atoms with Crippen LogP contribution >= 0.6 is 0 Å². The maximum atomic E-state index is 13.2. The van der Waals surface area contributed by atoms with E-state index >= 15 is 0 Å². The Morgan fingerprint density at radius 3 is 2.17 bits per heavy atom. The van der Waals surface area contributed by atoms with Crippen molar-refractivity contribution in [2.75, 3.05) is 6.61 Å². The van der Waals surface area contributed by atoms with Gasteiger partial charge in [-0.2, -0.15) is 0 Å².